The summed E-state index contributed by atoms with van der Waals surface area (Å²) in [6, 6.07) is 8.12. The molecule has 0 amide bonds. The quantitative estimate of drug-likeness (QED) is 0.648. The second-order valence-corrected chi connectivity index (χ2v) is 4.52. The summed E-state index contributed by atoms with van der Waals surface area (Å²) in [6.45, 7) is 0. The smallest absolute Gasteiger partial charge is 0.0406 e. The largest absolute Gasteiger partial charge is 0.0884 e. The molecular weight excluding hydrogens is 223 g/mol. The fourth-order valence-corrected chi connectivity index (χ4v) is 2.05. The van der Waals surface area contributed by atoms with Crippen LogP contribution in [0.15, 0.2) is 24.3 Å². The van der Waals surface area contributed by atoms with E-state index in [2.05, 4.69) is 28.1 Å². The first-order valence-electron chi connectivity index (χ1n) is 3.67. The zero-order valence-corrected chi connectivity index (χ0v) is 8.27. The van der Waals surface area contributed by atoms with Crippen LogP contribution in [-0.4, -0.2) is 4.83 Å². The van der Waals surface area contributed by atoms with Gasteiger partial charge in [-0.2, -0.15) is 0 Å². The highest BCUT2D eigenvalue weighted by molar-refractivity contribution is 9.09. The molecule has 2 atom stereocenters. The zero-order valence-electron chi connectivity index (χ0n) is 5.93. The van der Waals surface area contributed by atoms with E-state index in [1.54, 1.807) is 0 Å². The average molecular weight is 232 g/mol. The molecule has 11 heavy (non-hydrogen) atoms. The summed E-state index contributed by atoms with van der Waals surface area (Å²) >= 11 is 9.33. The third-order valence-corrected chi connectivity index (χ3v) is 3.27. The Morgan fingerprint density at radius 3 is 2.27 bits per heavy atom. The van der Waals surface area contributed by atoms with E-state index in [4.69, 9.17) is 11.6 Å². The van der Waals surface area contributed by atoms with E-state index in [1.807, 2.05) is 12.1 Å². The Morgan fingerprint density at radius 1 is 1.27 bits per heavy atom. The Morgan fingerprint density at radius 2 is 1.82 bits per heavy atom. The number of hydrogen-bond donors (Lipinski definition) is 0. The van der Waals surface area contributed by atoms with Crippen molar-refractivity contribution in [3.05, 3.63) is 34.9 Å². The van der Waals surface area contributed by atoms with Gasteiger partial charge in [-0.15, -0.1) is 0 Å². The molecule has 1 aliphatic carbocycles. The lowest BCUT2D eigenvalue weighted by Gasteiger charge is -1.96. The number of halogens is 2. The van der Waals surface area contributed by atoms with Crippen molar-refractivity contribution in [2.24, 2.45) is 0 Å². The lowest BCUT2D eigenvalue weighted by Crippen LogP contribution is -1.79. The molecule has 1 aliphatic rings. The third kappa shape index (κ3) is 1.60. The fourth-order valence-electron chi connectivity index (χ4n) is 1.22. The van der Waals surface area contributed by atoms with Crippen LogP contribution in [-0.2, 0) is 0 Å². The van der Waals surface area contributed by atoms with Crippen molar-refractivity contribution in [3.63, 3.8) is 0 Å². The predicted molar refractivity (Wildman–Crippen MR) is 51.5 cm³/mol. The van der Waals surface area contributed by atoms with Gasteiger partial charge in [-0.1, -0.05) is 39.7 Å². The average Bonchev–Trinajstić information content (AvgIpc) is 2.69. The Labute approximate surface area is 79.7 Å². The molecule has 1 fully saturated rings. The first-order valence-corrected chi connectivity index (χ1v) is 4.96. The number of hydrogen-bond acceptors (Lipinski definition) is 0. The van der Waals surface area contributed by atoms with Crippen LogP contribution >= 0.6 is 27.5 Å². The van der Waals surface area contributed by atoms with Gasteiger partial charge >= 0.3 is 0 Å². The summed E-state index contributed by atoms with van der Waals surface area (Å²) in [5.41, 5.74) is 1.40. The molecule has 1 aromatic carbocycles. The number of alkyl halides is 1. The second kappa shape index (κ2) is 2.80. The molecule has 0 N–H and O–H groups in total. The minimum atomic E-state index is 0.698. The Hall–Kier alpha value is -0.0100. The van der Waals surface area contributed by atoms with Gasteiger partial charge in [0.1, 0.15) is 0 Å². The van der Waals surface area contributed by atoms with Crippen molar-refractivity contribution < 1.29 is 0 Å². The van der Waals surface area contributed by atoms with Gasteiger partial charge in [0, 0.05) is 9.85 Å². The van der Waals surface area contributed by atoms with Crippen LogP contribution in [0.25, 0.3) is 0 Å². The van der Waals surface area contributed by atoms with E-state index in [0.29, 0.717) is 4.83 Å². The van der Waals surface area contributed by atoms with Gasteiger partial charge < -0.3 is 0 Å². The predicted octanol–water partition coefficient (Wildman–Crippen LogP) is 3.59. The molecule has 0 heterocycles. The third-order valence-electron chi connectivity index (χ3n) is 2.01. The molecule has 0 aliphatic heterocycles. The highest BCUT2D eigenvalue weighted by Gasteiger charge is 2.35. The summed E-state index contributed by atoms with van der Waals surface area (Å²) in [5.74, 6) is 0.729. The van der Waals surface area contributed by atoms with E-state index in [-0.39, 0.29) is 0 Å². The summed E-state index contributed by atoms with van der Waals surface area (Å²) in [6.07, 6.45) is 1.27. The molecule has 0 nitrogen and oxygen atoms in total. The van der Waals surface area contributed by atoms with Gasteiger partial charge in [0.05, 0.1) is 0 Å². The van der Waals surface area contributed by atoms with Crippen LogP contribution in [0.2, 0.25) is 5.02 Å². The molecule has 1 aromatic rings. The summed E-state index contributed by atoms with van der Waals surface area (Å²) in [7, 11) is 0. The highest BCUT2D eigenvalue weighted by Crippen LogP contribution is 2.46. The van der Waals surface area contributed by atoms with Crippen LogP contribution in [0.1, 0.15) is 17.9 Å². The van der Waals surface area contributed by atoms with Gasteiger partial charge in [-0.25, -0.2) is 0 Å². The van der Waals surface area contributed by atoms with E-state index in [0.717, 1.165) is 10.9 Å². The van der Waals surface area contributed by atoms with Gasteiger partial charge in [0.25, 0.3) is 0 Å². The van der Waals surface area contributed by atoms with Crippen LogP contribution in [0, 0.1) is 0 Å². The maximum atomic E-state index is 5.76. The first kappa shape index (κ1) is 7.63. The molecule has 2 rings (SSSR count). The summed E-state index contributed by atoms with van der Waals surface area (Å²) in [5, 5.41) is 0.820. The van der Waals surface area contributed by atoms with Gasteiger partial charge in [-0.3, -0.25) is 0 Å². The van der Waals surface area contributed by atoms with Gasteiger partial charge in [0.15, 0.2) is 0 Å². The molecule has 0 aromatic heterocycles. The SMILES string of the molecule is Clc1ccc([C@@H]2C[C@H]2Br)cc1. The zero-order chi connectivity index (χ0) is 7.84. The maximum Gasteiger partial charge on any atom is 0.0406 e. The monoisotopic (exact) mass is 230 g/mol. The number of benzene rings is 1. The molecule has 0 bridgehead atoms. The van der Waals surface area contributed by atoms with Crippen molar-refractivity contribution in [2.45, 2.75) is 17.2 Å². The lowest BCUT2D eigenvalue weighted by molar-refractivity contribution is 1.14. The molecule has 2 heteroatoms. The molecule has 0 spiro atoms. The fraction of sp³-hybridized carbons (Fsp3) is 0.333. The molecule has 0 saturated heterocycles. The highest BCUT2D eigenvalue weighted by atomic mass is 79.9. The van der Waals surface area contributed by atoms with E-state index in [1.165, 1.54) is 12.0 Å². The summed E-state index contributed by atoms with van der Waals surface area (Å²) in [4.78, 5) is 0.698. The molecular formula is C9H8BrCl. The maximum absolute atomic E-state index is 5.76. The minimum Gasteiger partial charge on any atom is -0.0884 e. The normalized spacial score (nSPS) is 28.5. The van der Waals surface area contributed by atoms with Crippen molar-refractivity contribution >= 4 is 27.5 Å². The van der Waals surface area contributed by atoms with Gasteiger partial charge in [0.2, 0.25) is 0 Å². The van der Waals surface area contributed by atoms with E-state index >= 15 is 0 Å². The van der Waals surface area contributed by atoms with Crippen LogP contribution in [0.3, 0.4) is 0 Å². The molecule has 1 saturated carbocycles. The van der Waals surface area contributed by atoms with E-state index in [9.17, 15) is 0 Å². The first-order chi connectivity index (χ1) is 5.27. The topological polar surface area (TPSA) is 0 Å². The van der Waals surface area contributed by atoms with Crippen LogP contribution < -0.4 is 0 Å². The van der Waals surface area contributed by atoms with Crippen molar-refractivity contribution in [2.75, 3.05) is 0 Å². The summed E-state index contributed by atoms with van der Waals surface area (Å²) < 4.78 is 0. The molecule has 0 unspecified atom stereocenters. The van der Waals surface area contributed by atoms with Crippen molar-refractivity contribution in [1.29, 1.82) is 0 Å². The minimum absolute atomic E-state index is 0.698. The molecule has 58 valence electrons. The number of rotatable bonds is 1. The van der Waals surface area contributed by atoms with Gasteiger partial charge in [-0.05, 0) is 30.0 Å². The Kier molecular flexibility index (Phi) is 1.94. The van der Waals surface area contributed by atoms with E-state index < -0.39 is 0 Å². The Balaban J connectivity index is 2.21. The lowest BCUT2D eigenvalue weighted by atomic mass is 10.1. The van der Waals surface area contributed by atoms with Crippen molar-refractivity contribution in [1.82, 2.24) is 0 Å². The van der Waals surface area contributed by atoms with Crippen LogP contribution in [0.4, 0.5) is 0 Å². The Bertz CT molecular complexity index is 255. The standard InChI is InChI=1S/C9H8BrCl/c10-9-5-8(9)6-1-3-7(11)4-2-6/h1-4,8-9H,5H2/t8-,9+/m0/s1. The second-order valence-electron chi connectivity index (χ2n) is 2.91. The van der Waals surface area contributed by atoms with Crippen LogP contribution in [0.5, 0.6) is 0 Å². The van der Waals surface area contributed by atoms with Crippen molar-refractivity contribution in [3.8, 4) is 0 Å². The molecule has 0 radical (unpaired) electrons.